The highest BCUT2D eigenvalue weighted by Crippen LogP contribution is 2.21. The van der Waals surface area contributed by atoms with Gasteiger partial charge >= 0.3 is 5.97 Å². The van der Waals surface area contributed by atoms with E-state index in [1.165, 1.54) is 15.4 Å². The first-order valence-corrected chi connectivity index (χ1v) is 10.5. The molecule has 0 radical (unpaired) electrons. The molecule has 1 unspecified atom stereocenters. The molecule has 0 spiro atoms. The van der Waals surface area contributed by atoms with Gasteiger partial charge in [0.2, 0.25) is 0 Å². The van der Waals surface area contributed by atoms with Crippen molar-refractivity contribution in [2.24, 2.45) is 0 Å². The molecule has 27 heavy (non-hydrogen) atoms. The van der Waals surface area contributed by atoms with Gasteiger partial charge in [-0.05, 0) is 44.8 Å². The van der Waals surface area contributed by atoms with Crippen molar-refractivity contribution in [2.45, 2.75) is 44.7 Å². The number of thiazole rings is 1. The van der Waals surface area contributed by atoms with Crippen LogP contribution < -0.4 is 0 Å². The summed E-state index contributed by atoms with van der Waals surface area (Å²) in [4.78, 5) is 21.4. The van der Waals surface area contributed by atoms with Crippen molar-refractivity contribution in [3.05, 3.63) is 52.0 Å². The first-order chi connectivity index (χ1) is 13.1. The normalized spacial score (nSPS) is 18.5. The van der Waals surface area contributed by atoms with Crippen LogP contribution in [0, 0.1) is 0 Å². The summed E-state index contributed by atoms with van der Waals surface area (Å²) in [5.41, 5.74) is 1.36. The fourth-order valence-electron chi connectivity index (χ4n) is 3.73. The number of aryl methyl sites for hydroxylation is 2. The second-order valence-corrected chi connectivity index (χ2v) is 8.58. The zero-order chi connectivity index (χ0) is 19.1. The molecule has 2 heterocycles. The summed E-state index contributed by atoms with van der Waals surface area (Å²) < 4.78 is 0. The maximum Gasteiger partial charge on any atom is 0.317 e. The average molecular weight is 388 g/mol. The molecular formula is C21H29N3O2S. The molecule has 1 aromatic carbocycles. The van der Waals surface area contributed by atoms with Crippen LogP contribution in [0.1, 0.15) is 34.7 Å². The number of nitrogens with zero attached hydrogens (tertiary/aromatic N) is 3. The summed E-state index contributed by atoms with van der Waals surface area (Å²) in [6.45, 7) is 3.18. The second-order valence-electron chi connectivity index (χ2n) is 7.38. The zero-order valence-corrected chi connectivity index (χ0v) is 16.8. The Kier molecular flexibility index (Phi) is 7.38. The third kappa shape index (κ3) is 6.41. The van der Waals surface area contributed by atoms with Crippen LogP contribution in [0.4, 0.5) is 0 Å². The first-order valence-electron chi connectivity index (χ1n) is 9.72. The Labute approximate surface area is 165 Å². The molecule has 1 aromatic heterocycles. The highest BCUT2D eigenvalue weighted by molar-refractivity contribution is 7.11. The fourth-order valence-corrected chi connectivity index (χ4v) is 4.70. The van der Waals surface area contributed by atoms with Gasteiger partial charge in [0, 0.05) is 36.6 Å². The minimum absolute atomic E-state index is 0.129. The molecule has 6 heteroatoms. The number of aliphatic carboxylic acids is 1. The number of benzene rings is 1. The number of hydrogen-bond acceptors (Lipinski definition) is 5. The Morgan fingerprint density at radius 3 is 2.85 bits per heavy atom. The van der Waals surface area contributed by atoms with Crippen molar-refractivity contribution in [3.63, 3.8) is 0 Å². The maximum absolute atomic E-state index is 10.9. The van der Waals surface area contributed by atoms with Crippen LogP contribution in [0.5, 0.6) is 0 Å². The highest BCUT2D eigenvalue weighted by Gasteiger charge is 2.22. The summed E-state index contributed by atoms with van der Waals surface area (Å²) in [6, 6.07) is 10.9. The molecule has 0 bridgehead atoms. The standard InChI is InChI=1S/C21H29N3O2S/c1-23(16-21(25)26)18-8-5-12-24(13-11-18)15-19-14-22-20(27-19)10-9-17-6-3-2-4-7-17/h2-4,6-7,14,18H,5,8-13,15-16H2,1H3,(H,25,26). The second kappa shape index (κ2) is 9.97. The third-order valence-corrected chi connectivity index (χ3v) is 6.29. The number of hydrogen-bond donors (Lipinski definition) is 1. The van der Waals surface area contributed by atoms with Crippen molar-refractivity contribution < 1.29 is 9.90 Å². The summed E-state index contributed by atoms with van der Waals surface area (Å²) in [5.74, 6) is -0.744. The number of carboxylic acids is 1. The quantitative estimate of drug-likeness (QED) is 0.753. The third-order valence-electron chi connectivity index (χ3n) is 5.25. The van der Waals surface area contributed by atoms with Crippen LogP contribution >= 0.6 is 11.3 Å². The van der Waals surface area contributed by atoms with E-state index in [0.29, 0.717) is 6.04 Å². The number of likely N-dealkylation sites (N-methyl/N-ethyl adjacent to an activating group) is 1. The van der Waals surface area contributed by atoms with Gasteiger partial charge in [0.1, 0.15) is 0 Å². The van der Waals surface area contributed by atoms with Crippen LogP contribution in [0.25, 0.3) is 0 Å². The minimum atomic E-state index is -0.744. The Hall–Kier alpha value is -1.76. The van der Waals surface area contributed by atoms with E-state index in [0.717, 1.165) is 51.7 Å². The number of likely N-dealkylation sites (tertiary alicyclic amines) is 1. The largest absolute Gasteiger partial charge is 0.480 e. The number of carbonyl (C=O) groups is 1. The van der Waals surface area contributed by atoms with E-state index in [4.69, 9.17) is 5.11 Å². The maximum atomic E-state index is 10.9. The topological polar surface area (TPSA) is 56.7 Å². The van der Waals surface area contributed by atoms with E-state index in [1.807, 2.05) is 29.5 Å². The average Bonchev–Trinajstić information content (AvgIpc) is 2.96. The molecule has 0 saturated carbocycles. The summed E-state index contributed by atoms with van der Waals surface area (Å²) >= 11 is 1.83. The van der Waals surface area contributed by atoms with E-state index in [9.17, 15) is 4.79 Å². The molecule has 1 aliphatic rings. The van der Waals surface area contributed by atoms with Crippen molar-refractivity contribution in [3.8, 4) is 0 Å². The minimum Gasteiger partial charge on any atom is -0.480 e. The highest BCUT2D eigenvalue weighted by atomic mass is 32.1. The van der Waals surface area contributed by atoms with Crippen LogP contribution in [0.3, 0.4) is 0 Å². The van der Waals surface area contributed by atoms with Gasteiger partial charge in [0.05, 0.1) is 11.6 Å². The molecule has 3 rings (SSSR count). The van der Waals surface area contributed by atoms with Gasteiger partial charge < -0.3 is 5.11 Å². The lowest BCUT2D eigenvalue weighted by molar-refractivity contribution is -0.138. The van der Waals surface area contributed by atoms with E-state index >= 15 is 0 Å². The zero-order valence-electron chi connectivity index (χ0n) is 16.0. The lowest BCUT2D eigenvalue weighted by Gasteiger charge is -2.25. The van der Waals surface area contributed by atoms with Crippen molar-refractivity contribution in [2.75, 3.05) is 26.7 Å². The van der Waals surface area contributed by atoms with Gasteiger partial charge in [-0.15, -0.1) is 11.3 Å². The Balaban J connectivity index is 1.46. The van der Waals surface area contributed by atoms with E-state index in [-0.39, 0.29) is 6.54 Å². The van der Waals surface area contributed by atoms with Crippen molar-refractivity contribution in [1.29, 1.82) is 0 Å². The fraction of sp³-hybridized carbons (Fsp3) is 0.524. The Morgan fingerprint density at radius 1 is 1.26 bits per heavy atom. The monoisotopic (exact) mass is 387 g/mol. The van der Waals surface area contributed by atoms with Gasteiger partial charge in [-0.2, -0.15) is 0 Å². The van der Waals surface area contributed by atoms with Crippen LogP contribution in [0.2, 0.25) is 0 Å². The molecule has 0 aliphatic carbocycles. The van der Waals surface area contributed by atoms with E-state index in [2.05, 4.69) is 40.2 Å². The lowest BCUT2D eigenvalue weighted by Crippen LogP contribution is -2.36. The van der Waals surface area contributed by atoms with Crippen LogP contribution in [0.15, 0.2) is 36.5 Å². The lowest BCUT2D eigenvalue weighted by atomic mass is 10.1. The van der Waals surface area contributed by atoms with E-state index < -0.39 is 5.97 Å². The number of carboxylic acid groups (broad SMARTS) is 1. The summed E-state index contributed by atoms with van der Waals surface area (Å²) in [7, 11) is 1.93. The van der Waals surface area contributed by atoms with Gasteiger partial charge in [-0.1, -0.05) is 30.3 Å². The molecule has 1 fully saturated rings. The van der Waals surface area contributed by atoms with E-state index in [1.54, 1.807) is 0 Å². The van der Waals surface area contributed by atoms with Crippen molar-refractivity contribution in [1.82, 2.24) is 14.8 Å². The Morgan fingerprint density at radius 2 is 2.07 bits per heavy atom. The predicted molar refractivity (Wildman–Crippen MR) is 109 cm³/mol. The first kappa shape index (κ1) is 20.0. The van der Waals surface area contributed by atoms with Crippen LogP contribution in [-0.4, -0.2) is 58.6 Å². The predicted octanol–water partition coefficient (Wildman–Crippen LogP) is 3.30. The number of aromatic nitrogens is 1. The van der Waals surface area contributed by atoms with Crippen molar-refractivity contribution >= 4 is 17.3 Å². The van der Waals surface area contributed by atoms with Gasteiger partial charge in [-0.25, -0.2) is 4.98 Å². The molecule has 1 aliphatic heterocycles. The smallest absolute Gasteiger partial charge is 0.317 e. The SMILES string of the molecule is CN(CC(=O)O)C1CCCN(Cc2cnc(CCc3ccccc3)s2)CC1. The van der Waals surface area contributed by atoms with Gasteiger partial charge in [-0.3, -0.25) is 14.6 Å². The summed E-state index contributed by atoms with van der Waals surface area (Å²) in [5, 5.41) is 10.2. The van der Waals surface area contributed by atoms with Gasteiger partial charge in [0.25, 0.3) is 0 Å². The van der Waals surface area contributed by atoms with Gasteiger partial charge in [0.15, 0.2) is 0 Å². The molecule has 5 nitrogen and oxygen atoms in total. The number of rotatable bonds is 8. The molecule has 1 N–H and O–H groups in total. The molecule has 1 atom stereocenters. The molecular weight excluding hydrogens is 358 g/mol. The Bertz CT molecular complexity index is 719. The molecule has 1 saturated heterocycles. The molecule has 146 valence electrons. The summed E-state index contributed by atoms with van der Waals surface area (Å²) in [6.07, 6.45) is 7.29. The molecule has 2 aromatic rings. The molecule has 0 amide bonds. The van der Waals surface area contributed by atoms with Crippen LogP contribution in [-0.2, 0) is 24.2 Å².